The number of nitrogens with zero attached hydrogens (tertiary/aromatic N) is 4. The lowest BCUT2D eigenvalue weighted by molar-refractivity contribution is -0.124. The second kappa shape index (κ2) is 11.2. The van der Waals surface area contributed by atoms with Crippen molar-refractivity contribution in [3.05, 3.63) is 101 Å². The summed E-state index contributed by atoms with van der Waals surface area (Å²) in [6, 6.07) is 25.9. The van der Waals surface area contributed by atoms with Gasteiger partial charge in [0.1, 0.15) is 6.17 Å². The second-order valence-corrected chi connectivity index (χ2v) is 9.96. The first-order chi connectivity index (χ1) is 17.6. The molecule has 0 saturated carbocycles. The van der Waals surface area contributed by atoms with Gasteiger partial charge in [-0.2, -0.15) is 0 Å². The van der Waals surface area contributed by atoms with Crippen molar-refractivity contribution in [2.75, 3.05) is 37.6 Å². The third kappa shape index (κ3) is 5.62. The minimum atomic E-state index is -0.321. The number of halogens is 1. The largest absolute Gasteiger partial charge is 0.320 e. The van der Waals surface area contributed by atoms with Gasteiger partial charge in [0.25, 0.3) is 0 Å². The van der Waals surface area contributed by atoms with Gasteiger partial charge in [-0.25, -0.2) is 0 Å². The van der Waals surface area contributed by atoms with Crippen LogP contribution in [0.2, 0.25) is 5.02 Å². The maximum absolute atomic E-state index is 13.7. The SMILES string of the molecule is O=CN(Cc1ccccc1)[C@@H]1Cc2ccccc2N1C(=O)CN1CCN(Cc2ccc(Cl)cc2)CC1. The highest BCUT2D eigenvalue weighted by molar-refractivity contribution is 6.30. The van der Waals surface area contributed by atoms with Crippen LogP contribution in [0.5, 0.6) is 0 Å². The lowest BCUT2D eigenvalue weighted by Crippen LogP contribution is -2.54. The van der Waals surface area contributed by atoms with Crippen LogP contribution < -0.4 is 4.90 Å². The molecule has 0 aliphatic carbocycles. The standard InChI is InChI=1S/C29H31ClN4O2/c30-26-12-10-24(11-13-26)19-31-14-16-32(17-15-31)21-29(36)34-27-9-5-4-8-25(27)18-28(34)33(22-35)20-23-6-2-1-3-7-23/h1-13,22,28H,14-21H2/t28-/m0/s1. The molecule has 0 N–H and O–H groups in total. The van der Waals surface area contributed by atoms with Crippen LogP contribution in [0.25, 0.3) is 0 Å². The molecule has 36 heavy (non-hydrogen) atoms. The molecule has 2 amide bonds. The van der Waals surface area contributed by atoms with Crippen molar-refractivity contribution in [3.8, 4) is 0 Å². The third-order valence-electron chi connectivity index (χ3n) is 7.09. The van der Waals surface area contributed by atoms with Gasteiger partial charge in [-0.1, -0.05) is 72.3 Å². The molecule has 1 fully saturated rings. The predicted octanol–water partition coefficient (Wildman–Crippen LogP) is 4.03. The highest BCUT2D eigenvalue weighted by Crippen LogP contribution is 2.34. The number of hydrogen-bond acceptors (Lipinski definition) is 4. The van der Waals surface area contributed by atoms with Crippen LogP contribution in [0.3, 0.4) is 0 Å². The molecule has 3 aromatic carbocycles. The Morgan fingerprint density at radius 2 is 1.53 bits per heavy atom. The van der Waals surface area contributed by atoms with Gasteiger partial charge in [0, 0.05) is 56.4 Å². The molecule has 2 aliphatic heterocycles. The molecule has 1 atom stereocenters. The smallest absolute Gasteiger partial charge is 0.242 e. The minimum Gasteiger partial charge on any atom is -0.320 e. The molecular formula is C29H31ClN4O2. The Morgan fingerprint density at radius 3 is 2.25 bits per heavy atom. The number of anilines is 1. The molecule has 6 nitrogen and oxygen atoms in total. The Balaban J connectivity index is 1.24. The van der Waals surface area contributed by atoms with Crippen LogP contribution in [0.15, 0.2) is 78.9 Å². The van der Waals surface area contributed by atoms with Crippen molar-refractivity contribution in [1.82, 2.24) is 14.7 Å². The molecule has 3 aromatic rings. The Kier molecular flexibility index (Phi) is 7.66. The summed E-state index contributed by atoms with van der Waals surface area (Å²) in [7, 11) is 0. The molecule has 0 bridgehead atoms. The third-order valence-corrected chi connectivity index (χ3v) is 7.34. The van der Waals surface area contributed by atoms with E-state index in [1.807, 2.05) is 65.6 Å². The Labute approximate surface area is 217 Å². The summed E-state index contributed by atoms with van der Waals surface area (Å²) >= 11 is 6.01. The predicted molar refractivity (Wildman–Crippen MR) is 143 cm³/mol. The Morgan fingerprint density at radius 1 is 0.861 bits per heavy atom. The summed E-state index contributed by atoms with van der Waals surface area (Å²) in [5.41, 5.74) is 4.30. The van der Waals surface area contributed by atoms with E-state index >= 15 is 0 Å². The normalized spacial score (nSPS) is 18.1. The fraction of sp³-hybridized carbons (Fsp3) is 0.310. The van der Waals surface area contributed by atoms with E-state index in [4.69, 9.17) is 11.6 Å². The van der Waals surface area contributed by atoms with Gasteiger partial charge in [0.2, 0.25) is 12.3 Å². The van der Waals surface area contributed by atoms with E-state index in [2.05, 4.69) is 28.0 Å². The van der Waals surface area contributed by atoms with Crippen LogP contribution in [0, 0.1) is 0 Å². The number of benzene rings is 3. The molecule has 7 heteroatoms. The van der Waals surface area contributed by atoms with E-state index in [1.54, 1.807) is 4.90 Å². The van der Waals surface area contributed by atoms with Gasteiger partial charge in [0.05, 0.1) is 6.54 Å². The number of amides is 2. The van der Waals surface area contributed by atoms with Crippen molar-refractivity contribution in [3.63, 3.8) is 0 Å². The van der Waals surface area contributed by atoms with Crippen LogP contribution in [0.4, 0.5) is 5.69 Å². The summed E-state index contributed by atoms with van der Waals surface area (Å²) in [5, 5.41) is 0.751. The average Bonchev–Trinajstić information content (AvgIpc) is 3.30. The number of fused-ring (bicyclic) bond motifs is 1. The molecule has 1 saturated heterocycles. The highest BCUT2D eigenvalue weighted by atomic mass is 35.5. The van der Waals surface area contributed by atoms with Crippen molar-refractivity contribution < 1.29 is 9.59 Å². The zero-order chi connectivity index (χ0) is 24.9. The number of para-hydroxylation sites is 1. The van der Waals surface area contributed by atoms with Crippen LogP contribution >= 0.6 is 11.6 Å². The summed E-state index contributed by atoms with van der Waals surface area (Å²) < 4.78 is 0. The maximum atomic E-state index is 13.7. The van der Waals surface area contributed by atoms with Gasteiger partial charge in [-0.15, -0.1) is 0 Å². The van der Waals surface area contributed by atoms with E-state index in [-0.39, 0.29) is 12.1 Å². The molecule has 2 aliphatic rings. The first-order valence-electron chi connectivity index (χ1n) is 12.4. The Hall–Kier alpha value is -3.19. The summed E-state index contributed by atoms with van der Waals surface area (Å²) in [6.07, 6.45) is 1.20. The van der Waals surface area contributed by atoms with Gasteiger partial charge >= 0.3 is 0 Å². The van der Waals surface area contributed by atoms with Gasteiger partial charge < -0.3 is 4.90 Å². The summed E-state index contributed by atoms with van der Waals surface area (Å²) in [4.78, 5) is 34.1. The first-order valence-corrected chi connectivity index (χ1v) is 12.8. The van der Waals surface area contributed by atoms with Crippen LogP contribution in [0.1, 0.15) is 16.7 Å². The van der Waals surface area contributed by atoms with Gasteiger partial charge in [0.15, 0.2) is 0 Å². The molecule has 5 rings (SSSR count). The first kappa shape index (κ1) is 24.5. The van der Waals surface area contributed by atoms with Crippen molar-refractivity contribution in [2.24, 2.45) is 0 Å². The van der Waals surface area contributed by atoms with E-state index in [0.717, 1.165) is 61.0 Å². The fourth-order valence-electron chi connectivity index (χ4n) is 5.16. The molecule has 0 aromatic heterocycles. The molecule has 0 spiro atoms. The number of carbonyl (C=O) groups excluding carboxylic acids is 2. The zero-order valence-corrected chi connectivity index (χ0v) is 21.1. The second-order valence-electron chi connectivity index (χ2n) is 9.52. The number of piperazine rings is 1. The number of rotatable bonds is 8. The Bertz CT molecular complexity index is 1180. The average molecular weight is 503 g/mol. The molecule has 2 heterocycles. The van der Waals surface area contributed by atoms with E-state index in [9.17, 15) is 9.59 Å². The lowest BCUT2D eigenvalue weighted by Gasteiger charge is -2.37. The van der Waals surface area contributed by atoms with E-state index in [0.29, 0.717) is 19.5 Å². The van der Waals surface area contributed by atoms with E-state index < -0.39 is 0 Å². The zero-order valence-electron chi connectivity index (χ0n) is 20.3. The van der Waals surface area contributed by atoms with Crippen molar-refractivity contribution >= 4 is 29.6 Å². The fourth-order valence-corrected chi connectivity index (χ4v) is 5.29. The number of hydrogen-bond donors (Lipinski definition) is 0. The van der Waals surface area contributed by atoms with Crippen molar-refractivity contribution in [1.29, 1.82) is 0 Å². The van der Waals surface area contributed by atoms with Crippen LogP contribution in [-0.2, 0) is 29.1 Å². The molecule has 0 radical (unpaired) electrons. The summed E-state index contributed by atoms with van der Waals surface area (Å²) in [6.45, 7) is 5.18. The minimum absolute atomic E-state index is 0.0380. The summed E-state index contributed by atoms with van der Waals surface area (Å²) in [5.74, 6) is 0.0380. The van der Waals surface area contributed by atoms with Crippen molar-refractivity contribution in [2.45, 2.75) is 25.7 Å². The molecule has 186 valence electrons. The van der Waals surface area contributed by atoms with Gasteiger partial charge in [-0.05, 0) is 34.9 Å². The highest BCUT2D eigenvalue weighted by Gasteiger charge is 2.37. The van der Waals surface area contributed by atoms with Gasteiger partial charge in [-0.3, -0.25) is 24.3 Å². The maximum Gasteiger partial charge on any atom is 0.242 e. The van der Waals surface area contributed by atoms with Crippen LogP contribution in [-0.4, -0.2) is 65.9 Å². The number of carbonyl (C=O) groups is 2. The topological polar surface area (TPSA) is 47.1 Å². The molecular weight excluding hydrogens is 472 g/mol. The lowest BCUT2D eigenvalue weighted by atomic mass is 10.1. The van der Waals surface area contributed by atoms with E-state index in [1.165, 1.54) is 5.56 Å². The molecule has 0 unspecified atom stereocenters. The quantitative estimate of drug-likeness (QED) is 0.436. The monoisotopic (exact) mass is 502 g/mol.